The monoisotopic (exact) mass is 452 g/mol. The summed E-state index contributed by atoms with van der Waals surface area (Å²) < 4.78 is 0. The van der Waals surface area contributed by atoms with E-state index in [9.17, 15) is 9.90 Å². The fraction of sp³-hybridized carbons (Fsp3) is 0.167. The average molecular weight is 453 g/mol. The lowest BCUT2D eigenvalue weighted by molar-refractivity contribution is 0.112. The van der Waals surface area contributed by atoms with Crippen molar-refractivity contribution in [1.29, 1.82) is 0 Å². The van der Waals surface area contributed by atoms with Crippen LogP contribution < -0.4 is 0 Å². The zero-order valence-corrected chi connectivity index (χ0v) is 19.5. The number of halogens is 1. The number of aryl methyl sites for hydroxylation is 2. The van der Waals surface area contributed by atoms with E-state index in [1.165, 1.54) is 11.1 Å². The number of fused-ring (bicyclic) bond motifs is 3. The van der Waals surface area contributed by atoms with Crippen molar-refractivity contribution in [2.24, 2.45) is 0 Å². The molecule has 1 aliphatic carbocycles. The van der Waals surface area contributed by atoms with Gasteiger partial charge in [-0.2, -0.15) is 0 Å². The molecule has 0 saturated carbocycles. The van der Waals surface area contributed by atoms with E-state index in [2.05, 4.69) is 61.5 Å². The first-order valence-electron chi connectivity index (χ1n) is 11.3. The molecule has 0 radical (unpaired) electrons. The summed E-state index contributed by atoms with van der Waals surface area (Å²) in [5.41, 5.74) is 8.81. The van der Waals surface area contributed by atoms with Gasteiger partial charge in [-0.05, 0) is 75.5 Å². The maximum atomic E-state index is 11.7. The predicted octanol–water partition coefficient (Wildman–Crippen LogP) is 7.35. The van der Waals surface area contributed by atoms with Gasteiger partial charge in [0, 0.05) is 10.6 Å². The molecule has 0 heterocycles. The third-order valence-electron chi connectivity index (χ3n) is 6.98. The number of phenols is 1. The van der Waals surface area contributed by atoms with Crippen molar-refractivity contribution in [2.75, 3.05) is 0 Å². The van der Waals surface area contributed by atoms with E-state index in [0.29, 0.717) is 16.3 Å². The maximum Gasteiger partial charge on any atom is 0.150 e. The molecule has 3 heteroatoms. The van der Waals surface area contributed by atoms with E-state index in [4.69, 9.17) is 11.6 Å². The second-order valence-electron chi connectivity index (χ2n) is 8.57. The van der Waals surface area contributed by atoms with Gasteiger partial charge >= 0.3 is 0 Å². The minimum absolute atomic E-state index is 0.305. The second kappa shape index (κ2) is 8.20. The minimum Gasteiger partial charge on any atom is -0.508 e. The standard InChI is InChI=1S/C30H25ClO2/c1-3-19-15-22(10-9-21(19)18-32)30(23-11-14-29(33)20(4-2)16-23)27-8-6-5-7-25(27)26-13-12-24(31)17-28(26)30/h5-18,33H,3-4H2,1-2H3. The van der Waals surface area contributed by atoms with Gasteiger partial charge in [-0.15, -0.1) is 0 Å². The Hall–Kier alpha value is -3.36. The molecule has 0 amide bonds. The van der Waals surface area contributed by atoms with E-state index < -0.39 is 5.41 Å². The fourth-order valence-corrected chi connectivity index (χ4v) is 5.57. The summed E-state index contributed by atoms with van der Waals surface area (Å²) >= 11 is 6.57. The van der Waals surface area contributed by atoms with Crippen molar-refractivity contribution in [2.45, 2.75) is 32.1 Å². The summed E-state index contributed by atoms with van der Waals surface area (Å²) in [5, 5.41) is 11.1. The summed E-state index contributed by atoms with van der Waals surface area (Å²) in [6.45, 7) is 4.12. The van der Waals surface area contributed by atoms with E-state index in [0.717, 1.165) is 52.5 Å². The number of aldehydes is 1. The van der Waals surface area contributed by atoms with Crippen LogP contribution in [0.4, 0.5) is 0 Å². The molecule has 1 N–H and O–H groups in total. The smallest absolute Gasteiger partial charge is 0.150 e. The van der Waals surface area contributed by atoms with Gasteiger partial charge in [0.25, 0.3) is 0 Å². The van der Waals surface area contributed by atoms with Crippen LogP contribution in [-0.4, -0.2) is 11.4 Å². The van der Waals surface area contributed by atoms with E-state index in [1.54, 1.807) is 6.07 Å². The van der Waals surface area contributed by atoms with Gasteiger partial charge in [-0.3, -0.25) is 4.79 Å². The molecule has 4 aromatic carbocycles. The first-order valence-corrected chi connectivity index (χ1v) is 11.7. The molecule has 164 valence electrons. The fourth-order valence-electron chi connectivity index (χ4n) is 5.40. The lowest BCUT2D eigenvalue weighted by Crippen LogP contribution is -2.29. The minimum atomic E-state index is -0.611. The largest absolute Gasteiger partial charge is 0.508 e. The first kappa shape index (κ1) is 21.5. The molecule has 0 fully saturated rings. The zero-order valence-electron chi connectivity index (χ0n) is 18.7. The molecular weight excluding hydrogens is 428 g/mol. The van der Waals surface area contributed by atoms with E-state index in [-0.39, 0.29) is 0 Å². The topological polar surface area (TPSA) is 37.3 Å². The molecule has 0 aromatic heterocycles. The van der Waals surface area contributed by atoms with Crippen molar-refractivity contribution in [3.05, 3.63) is 123 Å². The van der Waals surface area contributed by atoms with Crippen LogP contribution in [0.3, 0.4) is 0 Å². The average Bonchev–Trinajstić information content (AvgIpc) is 3.14. The highest BCUT2D eigenvalue weighted by molar-refractivity contribution is 6.30. The summed E-state index contributed by atoms with van der Waals surface area (Å²) in [7, 11) is 0. The Morgan fingerprint density at radius 1 is 0.788 bits per heavy atom. The summed E-state index contributed by atoms with van der Waals surface area (Å²) in [5.74, 6) is 0.305. The van der Waals surface area contributed by atoms with Gasteiger partial charge in [0.2, 0.25) is 0 Å². The van der Waals surface area contributed by atoms with Crippen molar-refractivity contribution in [1.82, 2.24) is 0 Å². The van der Waals surface area contributed by atoms with Crippen LogP contribution in [-0.2, 0) is 18.3 Å². The van der Waals surface area contributed by atoms with Crippen molar-refractivity contribution < 1.29 is 9.90 Å². The number of carbonyl (C=O) groups is 1. The van der Waals surface area contributed by atoms with E-state index in [1.807, 2.05) is 25.1 Å². The number of hydrogen-bond acceptors (Lipinski definition) is 2. The highest BCUT2D eigenvalue weighted by Crippen LogP contribution is 2.57. The number of phenolic OH excluding ortho intramolecular Hbond substituents is 1. The Bertz CT molecular complexity index is 1390. The van der Waals surface area contributed by atoms with Crippen LogP contribution >= 0.6 is 11.6 Å². The number of aromatic hydroxyl groups is 1. The number of rotatable bonds is 5. The molecular formula is C30H25ClO2. The lowest BCUT2D eigenvalue weighted by Gasteiger charge is -2.35. The third kappa shape index (κ3) is 3.13. The normalized spacial score (nSPS) is 16.3. The van der Waals surface area contributed by atoms with Crippen LogP contribution in [0, 0.1) is 0 Å². The van der Waals surface area contributed by atoms with Gasteiger partial charge in [-0.25, -0.2) is 0 Å². The van der Waals surface area contributed by atoms with Crippen LogP contribution in [0.15, 0.2) is 78.9 Å². The van der Waals surface area contributed by atoms with Crippen LogP contribution in [0.2, 0.25) is 5.02 Å². The highest BCUT2D eigenvalue weighted by atomic mass is 35.5. The Balaban J connectivity index is 1.96. The number of carbonyl (C=O) groups excluding carboxylic acids is 1. The quantitative estimate of drug-likeness (QED) is 0.283. The van der Waals surface area contributed by atoms with Gasteiger partial charge in [0.1, 0.15) is 12.0 Å². The third-order valence-corrected chi connectivity index (χ3v) is 7.22. The molecule has 2 nitrogen and oxygen atoms in total. The molecule has 1 unspecified atom stereocenters. The first-order chi connectivity index (χ1) is 16.0. The van der Waals surface area contributed by atoms with Crippen molar-refractivity contribution >= 4 is 17.9 Å². The van der Waals surface area contributed by atoms with Gasteiger partial charge in [-0.1, -0.05) is 86.1 Å². The molecule has 1 atom stereocenters. The predicted molar refractivity (Wildman–Crippen MR) is 135 cm³/mol. The zero-order chi connectivity index (χ0) is 23.2. The van der Waals surface area contributed by atoms with Crippen LogP contribution in [0.25, 0.3) is 11.1 Å². The van der Waals surface area contributed by atoms with Crippen LogP contribution in [0.1, 0.15) is 57.6 Å². The second-order valence-corrected chi connectivity index (χ2v) is 9.00. The molecule has 1 aliphatic rings. The summed E-state index contributed by atoms with van der Waals surface area (Å²) in [6.07, 6.45) is 2.42. The molecule has 0 spiro atoms. The SMILES string of the molecule is CCc1cc(C2(c3ccc(C=O)c(CC)c3)c3ccccc3-c3ccc(Cl)cc32)ccc1O. The Morgan fingerprint density at radius 3 is 2.18 bits per heavy atom. The summed E-state index contributed by atoms with van der Waals surface area (Å²) in [4.78, 5) is 11.7. The summed E-state index contributed by atoms with van der Waals surface area (Å²) in [6, 6.07) is 26.6. The molecule has 5 rings (SSSR count). The van der Waals surface area contributed by atoms with E-state index >= 15 is 0 Å². The molecule has 33 heavy (non-hydrogen) atoms. The Kier molecular flexibility index (Phi) is 5.34. The van der Waals surface area contributed by atoms with Crippen molar-refractivity contribution in [3.8, 4) is 16.9 Å². The Morgan fingerprint density at radius 2 is 1.45 bits per heavy atom. The van der Waals surface area contributed by atoms with Gasteiger partial charge in [0.05, 0.1) is 5.41 Å². The van der Waals surface area contributed by atoms with Crippen molar-refractivity contribution in [3.63, 3.8) is 0 Å². The maximum absolute atomic E-state index is 11.7. The lowest BCUT2D eigenvalue weighted by atomic mass is 9.67. The number of benzene rings is 4. The van der Waals surface area contributed by atoms with Gasteiger partial charge in [0.15, 0.2) is 0 Å². The van der Waals surface area contributed by atoms with Crippen LogP contribution in [0.5, 0.6) is 5.75 Å². The molecule has 0 aliphatic heterocycles. The number of hydrogen-bond donors (Lipinski definition) is 1. The van der Waals surface area contributed by atoms with Gasteiger partial charge < -0.3 is 5.11 Å². The Labute approximate surface area is 199 Å². The molecule has 0 saturated heterocycles. The highest BCUT2D eigenvalue weighted by Gasteiger charge is 2.46. The molecule has 0 bridgehead atoms. The molecule has 4 aromatic rings.